The van der Waals surface area contributed by atoms with Gasteiger partial charge in [-0.15, -0.1) is 0 Å². The van der Waals surface area contributed by atoms with Crippen molar-refractivity contribution in [1.82, 2.24) is 19.4 Å². The van der Waals surface area contributed by atoms with E-state index in [9.17, 15) is 14.7 Å². The molecule has 2 fully saturated rings. The van der Waals surface area contributed by atoms with Gasteiger partial charge in [-0.3, -0.25) is 9.36 Å². The van der Waals surface area contributed by atoms with Crippen molar-refractivity contribution in [2.75, 3.05) is 11.9 Å². The number of carboxylic acid groups (broad SMARTS) is 1. The number of anilines is 1. The summed E-state index contributed by atoms with van der Waals surface area (Å²) in [5.74, 6) is 0.501. The summed E-state index contributed by atoms with van der Waals surface area (Å²) >= 11 is 0. The number of pyridine rings is 1. The Balaban J connectivity index is 1.60. The molecule has 1 amide bonds. The van der Waals surface area contributed by atoms with Gasteiger partial charge < -0.3 is 15.3 Å². The Hall–Kier alpha value is -2.64. The summed E-state index contributed by atoms with van der Waals surface area (Å²) in [6, 6.07) is 3.59. The van der Waals surface area contributed by atoms with Crippen LogP contribution in [-0.2, 0) is 0 Å². The summed E-state index contributed by atoms with van der Waals surface area (Å²) in [6.07, 6.45) is 6.59. The predicted molar refractivity (Wildman–Crippen MR) is 116 cm³/mol. The highest BCUT2D eigenvalue weighted by molar-refractivity contribution is 5.75. The number of nitrogens with zero attached hydrogens (tertiary/aromatic N) is 4. The molecule has 3 heterocycles. The lowest BCUT2D eigenvalue weighted by Crippen LogP contribution is -2.54. The first-order valence-electron chi connectivity index (χ1n) is 10.9. The van der Waals surface area contributed by atoms with Crippen molar-refractivity contribution < 1.29 is 9.90 Å². The molecule has 30 heavy (non-hydrogen) atoms. The van der Waals surface area contributed by atoms with Crippen molar-refractivity contribution in [3.8, 4) is 0 Å². The van der Waals surface area contributed by atoms with E-state index in [0.717, 1.165) is 31.1 Å². The van der Waals surface area contributed by atoms with Crippen LogP contribution < -0.4 is 10.9 Å². The van der Waals surface area contributed by atoms with Gasteiger partial charge in [0.05, 0.1) is 0 Å². The van der Waals surface area contributed by atoms with E-state index in [2.05, 4.69) is 31.1 Å². The normalized spacial score (nSPS) is 23.1. The van der Waals surface area contributed by atoms with Crippen molar-refractivity contribution in [3.63, 3.8) is 0 Å². The van der Waals surface area contributed by atoms with Gasteiger partial charge in [0.15, 0.2) is 0 Å². The van der Waals surface area contributed by atoms with Crippen LogP contribution in [-0.4, -0.2) is 49.3 Å². The van der Waals surface area contributed by atoms with Crippen molar-refractivity contribution in [1.29, 1.82) is 0 Å². The lowest BCUT2D eigenvalue weighted by Gasteiger charge is -2.44. The maximum Gasteiger partial charge on any atom is 0.407 e. The van der Waals surface area contributed by atoms with Gasteiger partial charge in [0.25, 0.3) is 5.56 Å². The fourth-order valence-corrected chi connectivity index (χ4v) is 4.95. The summed E-state index contributed by atoms with van der Waals surface area (Å²) in [7, 11) is 0. The van der Waals surface area contributed by atoms with Crippen LogP contribution >= 0.6 is 0 Å². The van der Waals surface area contributed by atoms with Gasteiger partial charge in [-0.05, 0) is 37.2 Å². The molecule has 2 unspecified atom stereocenters. The average Bonchev–Trinajstić information content (AvgIpc) is 3.21. The van der Waals surface area contributed by atoms with Gasteiger partial charge in [-0.1, -0.05) is 33.6 Å². The van der Waals surface area contributed by atoms with Crippen molar-refractivity contribution >= 4 is 23.1 Å². The highest BCUT2D eigenvalue weighted by Gasteiger charge is 2.38. The van der Waals surface area contributed by atoms with Crippen molar-refractivity contribution in [2.45, 2.75) is 77.4 Å². The molecule has 162 valence electrons. The monoisotopic (exact) mass is 413 g/mol. The van der Waals surface area contributed by atoms with Crippen LogP contribution in [0.25, 0.3) is 11.0 Å². The fraction of sp³-hybridized carbons (Fsp3) is 0.636. The van der Waals surface area contributed by atoms with Gasteiger partial charge in [0.2, 0.25) is 5.95 Å². The molecular weight excluding hydrogens is 382 g/mol. The predicted octanol–water partition coefficient (Wildman–Crippen LogP) is 3.88. The molecule has 0 bridgehead atoms. The number of aromatic nitrogens is 3. The van der Waals surface area contributed by atoms with Gasteiger partial charge in [-0.2, -0.15) is 4.98 Å². The minimum atomic E-state index is -0.865. The molecule has 0 radical (unpaired) electrons. The highest BCUT2D eigenvalue weighted by Crippen LogP contribution is 2.33. The number of piperidine rings is 1. The molecule has 1 saturated carbocycles. The molecule has 0 spiro atoms. The van der Waals surface area contributed by atoms with Gasteiger partial charge in [0.1, 0.15) is 5.65 Å². The van der Waals surface area contributed by atoms with E-state index < -0.39 is 6.09 Å². The van der Waals surface area contributed by atoms with Crippen molar-refractivity contribution in [3.05, 3.63) is 28.7 Å². The average molecular weight is 414 g/mol. The number of nitrogens with one attached hydrogen (secondary N) is 1. The second-order valence-electron chi connectivity index (χ2n) is 9.68. The lowest BCUT2D eigenvalue weighted by molar-refractivity contribution is 0.0557. The van der Waals surface area contributed by atoms with E-state index in [1.54, 1.807) is 23.2 Å². The molecule has 2 N–H and O–H groups in total. The molecule has 2 aromatic rings. The second kappa shape index (κ2) is 7.89. The molecule has 1 saturated heterocycles. The Morgan fingerprint density at radius 1 is 1.20 bits per heavy atom. The third-order valence-corrected chi connectivity index (χ3v) is 6.54. The molecule has 2 atom stereocenters. The number of rotatable bonds is 3. The number of hydrogen-bond acceptors (Lipinski definition) is 5. The summed E-state index contributed by atoms with van der Waals surface area (Å²) in [4.78, 5) is 35.0. The molecular formula is C22H31N5O3. The van der Waals surface area contributed by atoms with Crippen LogP contribution in [0.3, 0.4) is 0 Å². The molecule has 4 rings (SSSR count). The zero-order valence-corrected chi connectivity index (χ0v) is 18.0. The van der Waals surface area contributed by atoms with E-state index in [1.165, 1.54) is 0 Å². The maximum atomic E-state index is 12.6. The lowest BCUT2D eigenvalue weighted by atomic mass is 9.79. The van der Waals surface area contributed by atoms with E-state index in [-0.39, 0.29) is 29.1 Å². The molecule has 1 aliphatic heterocycles. The SMILES string of the molecule is CC(C)(C)C1CC(Nc2ncc3ccc(=O)n(C4CCCC4)c3n2)CCN1C(=O)O. The first-order valence-corrected chi connectivity index (χ1v) is 10.9. The van der Waals surface area contributed by atoms with Crippen LogP contribution in [0.5, 0.6) is 0 Å². The minimum Gasteiger partial charge on any atom is -0.465 e. The Morgan fingerprint density at radius 3 is 2.60 bits per heavy atom. The summed E-state index contributed by atoms with van der Waals surface area (Å²) in [5.41, 5.74) is 0.509. The topological polar surface area (TPSA) is 100 Å². The molecule has 8 heteroatoms. The Labute approximate surface area is 176 Å². The standard InChI is InChI=1S/C22H31N5O3/c1-22(2,3)17-12-15(10-11-26(17)21(29)30)24-20-23-13-14-8-9-18(28)27(19(14)25-20)16-6-4-5-7-16/h8-9,13,15-17H,4-7,10-12H2,1-3H3,(H,29,30)(H,23,24,25). The van der Waals surface area contributed by atoms with Crippen LogP contribution in [0, 0.1) is 5.41 Å². The van der Waals surface area contributed by atoms with Gasteiger partial charge in [-0.25, -0.2) is 9.78 Å². The van der Waals surface area contributed by atoms with Crippen LogP contribution in [0.2, 0.25) is 0 Å². The Morgan fingerprint density at radius 2 is 1.93 bits per heavy atom. The van der Waals surface area contributed by atoms with Crippen LogP contribution in [0.1, 0.15) is 65.3 Å². The summed E-state index contributed by atoms with van der Waals surface area (Å²) < 4.78 is 1.83. The zero-order chi connectivity index (χ0) is 21.5. The van der Waals surface area contributed by atoms with Crippen LogP contribution in [0.4, 0.5) is 10.7 Å². The quantitative estimate of drug-likeness (QED) is 0.792. The van der Waals surface area contributed by atoms with E-state index in [4.69, 9.17) is 4.98 Å². The number of carbonyl (C=O) groups is 1. The Kier molecular flexibility index (Phi) is 5.42. The first-order chi connectivity index (χ1) is 14.2. The maximum absolute atomic E-state index is 12.6. The minimum absolute atomic E-state index is 0.0124. The molecule has 1 aliphatic carbocycles. The molecule has 0 aromatic carbocycles. The number of hydrogen-bond donors (Lipinski definition) is 2. The van der Waals surface area contributed by atoms with Gasteiger partial charge in [0, 0.05) is 42.3 Å². The van der Waals surface area contributed by atoms with Crippen molar-refractivity contribution in [2.24, 2.45) is 5.41 Å². The zero-order valence-electron chi connectivity index (χ0n) is 18.0. The number of amides is 1. The van der Waals surface area contributed by atoms with Gasteiger partial charge >= 0.3 is 6.09 Å². The number of likely N-dealkylation sites (tertiary alicyclic amines) is 1. The third-order valence-electron chi connectivity index (χ3n) is 6.54. The third kappa shape index (κ3) is 4.00. The molecule has 2 aromatic heterocycles. The first kappa shape index (κ1) is 20.6. The van der Waals surface area contributed by atoms with E-state index in [0.29, 0.717) is 31.0 Å². The second-order valence-corrected chi connectivity index (χ2v) is 9.68. The smallest absolute Gasteiger partial charge is 0.407 e. The largest absolute Gasteiger partial charge is 0.465 e. The Bertz CT molecular complexity index is 990. The summed E-state index contributed by atoms with van der Waals surface area (Å²) in [6.45, 7) is 6.70. The van der Waals surface area contributed by atoms with E-state index >= 15 is 0 Å². The number of fused-ring (bicyclic) bond motifs is 1. The molecule has 2 aliphatic rings. The van der Waals surface area contributed by atoms with E-state index in [1.807, 2.05) is 4.57 Å². The summed E-state index contributed by atoms with van der Waals surface area (Å²) in [5, 5.41) is 13.9. The highest BCUT2D eigenvalue weighted by atomic mass is 16.4. The molecule has 8 nitrogen and oxygen atoms in total. The fourth-order valence-electron chi connectivity index (χ4n) is 4.95. The van der Waals surface area contributed by atoms with Crippen LogP contribution in [0.15, 0.2) is 23.1 Å².